The molecule has 0 saturated carbocycles. The molecule has 2 atom stereocenters. The summed E-state index contributed by atoms with van der Waals surface area (Å²) in [5.74, 6) is 1.47. The first-order valence-electron chi connectivity index (χ1n) is 11.9. The fourth-order valence-electron chi connectivity index (χ4n) is 4.50. The summed E-state index contributed by atoms with van der Waals surface area (Å²) in [6.45, 7) is -0.0919. The second-order valence-corrected chi connectivity index (χ2v) is 9.89. The van der Waals surface area contributed by atoms with Crippen LogP contribution in [-0.4, -0.2) is 36.8 Å². The number of nitrogens with zero attached hydrogens (tertiary/aromatic N) is 2. The first-order valence-corrected chi connectivity index (χ1v) is 13.1. The average molecular weight is 583 g/mol. The van der Waals surface area contributed by atoms with E-state index in [0.29, 0.717) is 38.1 Å². The molecule has 2 aromatic carbocycles. The van der Waals surface area contributed by atoms with Crippen LogP contribution in [0.1, 0.15) is 23.5 Å². The van der Waals surface area contributed by atoms with Crippen LogP contribution < -0.4 is 20.3 Å². The van der Waals surface area contributed by atoms with Crippen LogP contribution in [0.3, 0.4) is 0 Å². The molecular weight excluding hydrogens is 559 g/mol. The number of methoxy groups -OCH3 is 2. The predicted octanol–water partition coefficient (Wildman–Crippen LogP) is 6.42. The third-order valence-corrected chi connectivity index (χ3v) is 7.28. The Morgan fingerprint density at radius 3 is 2.67 bits per heavy atom. The summed E-state index contributed by atoms with van der Waals surface area (Å²) in [5, 5.41) is 7.61. The minimum Gasteiger partial charge on any atom is -0.495 e. The van der Waals surface area contributed by atoms with E-state index in [2.05, 4.69) is 15.6 Å². The van der Waals surface area contributed by atoms with Crippen molar-refractivity contribution in [2.45, 2.75) is 12.1 Å². The Hall–Kier alpha value is -3.63. The molecule has 2 N–H and O–H groups in total. The lowest BCUT2D eigenvalue weighted by molar-refractivity contribution is -0.119. The maximum absolute atomic E-state index is 12.3. The molecule has 0 bridgehead atoms. The summed E-state index contributed by atoms with van der Waals surface area (Å²) < 4.78 is 16.8. The zero-order valence-corrected chi connectivity index (χ0v) is 23.3. The molecule has 1 aliphatic rings. The highest BCUT2D eigenvalue weighted by atomic mass is 35.5. The lowest BCUT2D eigenvalue weighted by Gasteiger charge is -2.27. The van der Waals surface area contributed by atoms with E-state index in [0.717, 1.165) is 16.9 Å². The van der Waals surface area contributed by atoms with Gasteiger partial charge in [-0.2, -0.15) is 0 Å². The fraction of sp³-hybridized carbons (Fsp3) is 0.179. The summed E-state index contributed by atoms with van der Waals surface area (Å²) in [5.41, 5.74) is 2.78. The Kier molecular flexibility index (Phi) is 8.04. The van der Waals surface area contributed by atoms with Gasteiger partial charge in [-0.15, -0.1) is 0 Å². The number of carbonyl (C=O) groups is 1. The van der Waals surface area contributed by atoms with Crippen molar-refractivity contribution in [2.24, 2.45) is 0 Å². The quantitative estimate of drug-likeness (QED) is 0.230. The number of halogens is 2. The van der Waals surface area contributed by atoms with Gasteiger partial charge in [0.25, 0.3) is 0 Å². The molecule has 0 aliphatic carbocycles. The maximum Gasteiger partial charge on any atom is 0.250 e. The van der Waals surface area contributed by atoms with Crippen molar-refractivity contribution >= 4 is 57.8 Å². The number of pyridine rings is 1. The van der Waals surface area contributed by atoms with Crippen LogP contribution in [0.25, 0.3) is 11.3 Å². The molecule has 2 aromatic heterocycles. The number of hydrogen-bond donors (Lipinski definition) is 2. The number of amides is 1. The van der Waals surface area contributed by atoms with Crippen LogP contribution in [0.15, 0.2) is 77.3 Å². The van der Waals surface area contributed by atoms with Crippen molar-refractivity contribution < 1.29 is 18.7 Å². The number of furan rings is 1. The molecule has 1 fully saturated rings. The van der Waals surface area contributed by atoms with Crippen molar-refractivity contribution in [2.75, 3.05) is 31.0 Å². The number of carbonyl (C=O) groups excluding carboxylic acids is 1. The highest BCUT2D eigenvalue weighted by Gasteiger charge is 2.42. The highest BCUT2D eigenvalue weighted by molar-refractivity contribution is 7.80. The highest BCUT2D eigenvalue weighted by Crippen LogP contribution is 2.44. The van der Waals surface area contributed by atoms with Crippen molar-refractivity contribution in [1.29, 1.82) is 0 Å². The Morgan fingerprint density at radius 2 is 1.95 bits per heavy atom. The minimum atomic E-state index is -0.403. The molecular formula is C28H24Cl2N4O4S. The normalized spacial score (nSPS) is 16.7. The molecule has 0 radical (unpaired) electrons. The van der Waals surface area contributed by atoms with E-state index < -0.39 is 6.04 Å². The van der Waals surface area contributed by atoms with E-state index >= 15 is 0 Å². The Balaban J connectivity index is 1.58. The summed E-state index contributed by atoms with van der Waals surface area (Å²) in [6, 6.07) is 19.6. The molecule has 200 valence electrons. The third kappa shape index (κ3) is 5.58. The first-order chi connectivity index (χ1) is 18.9. The van der Waals surface area contributed by atoms with Crippen molar-refractivity contribution in [3.63, 3.8) is 0 Å². The smallest absolute Gasteiger partial charge is 0.250 e. The number of ether oxygens (including phenoxy) is 2. The predicted molar refractivity (Wildman–Crippen MR) is 156 cm³/mol. The molecule has 0 spiro atoms. The summed E-state index contributed by atoms with van der Waals surface area (Å²) >= 11 is 18.2. The molecule has 0 unspecified atom stereocenters. The van der Waals surface area contributed by atoms with Crippen molar-refractivity contribution in [3.05, 3.63) is 94.4 Å². The summed E-state index contributed by atoms with van der Waals surface area (Å²) in [7, 11) is 3.00. The zero-order chi connectivity index (χ0) is 27.5. The Morgan fingerprint density at radius 1 is 1.10 bits per heavy atom. The van der Waals surface area contributed by atoms with Gasteiger partial charge in [0.15, 0.2) is 5.11 Å². The van der Waals surface area contributed by atoms with E-state index in [4.69, 9.17) is 49.3 Å². The van der Waals surface area contributed by atoms with E-state index in [9.17, 15) is 4.79 Å². The Labute approximate surface area is 240 Å². The van der Waals surface area contributed by atoms with Gasteiger partial charge in [-0.1, -0.05) is 29.3 Å². The number of benzene rings is 2. The SMILES string of the molecule is COCC(=O)Nc1cc(N2C(=S)N[C@H](c3ccccn3)[C@@H]2c2ccc(-c3ccc(Cl)c(Cl)c3)o2)ccc1OC. The van der Waals surface area contributed by atoms with Gasteiger partial charge in [0, 0.05) is 24.6 Å². The molecule has 1 saturated heterocycles. The molecule has 8 nitrogen and oxygen atoms in total. The van der Waals surface area contributed by atoms with Gasteiger partial charge in [-0.25, -0.2) is 0 Å². The average Bonchev–Trinajstić information content (AvgIpc) is 3.55. The number of anilines is 2. The lowest BCUT2D eigenvalue weighted by atomic mass is 10.0. The van der Waals surface area contributed by atoms with Gasteiger partial charge in [0.05, 0.1) is 34.6 Å². The second kappa shape index (κ2) is 11.6. The summed E-state index contributed by atoms with van der Waals surface area (Å²) in [6.07, 6.45) is 1.74. The number of aromatic nitrogens is 1. The van der Waals surface area contributed by atoms with E-state index in [1.807, 2.05) is 47.4 Å². The van der Waals surface area contributed by atoms with Gasteiger partial charge in [-0.05, 0) is 72.9 Å². The number of nitrogens with one attached hydrogen (secondary N) is 2. The molecule has 11 heteroatoms. The third-order valence-electron chi connectivity index (χ3n) is 6.23. The van der Waals surface area contributed by atoms with Gasteiger partial charge in [0.1, 0.15) is 29.9 Å². The maximum atomic E-state index is 12.3. The molecule has 3 heterocycles. The van der Waals surface area contributed by atoms with E-state index in [1.54, 1.807) is 30.5 Å². The lowest BCUT2D eigenvalue weighted by Crippen LogP contribution is -2.29. The first kappa shape index (κ1) is 27.0. The van der Waals surface area contributed by atoms with Crippen LogP contribution in [0.5, 0.6) is 5.75 Å². The monoisotopic (exact) mass is 582 g/mol. The van der Waals surface area contributed by atoms with Crippen molar-refractivity contribution in [3.8, 4) is 17.1 Å². The molecule has 4 aromatic rings. The van der Waals surface area contributed by atoms with Gasteiger partial charge in [0.2, 0.25) is 5.91 Å². The van der Waals surface area contributed by atoms with Crippen LogP contribution in [0, 0.1) is 0 Å². The second-order valence-electron chi connectivity index (χ2n) is 8.69. The zero-order valence-electron chi connectivity index (χ0n) is 21.0. The largest absolute Gasteiger partial charge is 0.495 e. The van der Waals surface area contributed by atoms with E-state index in [1.165, 1.54) is 14.2 Å². The molecule has 1 amide bonds. The number of thiocarbonyl (C=S) groups is 1. The van der Waals surface area contributed by atoms with Gasteiger partial charge >= 0.3 is 0 Å². The number of rotatable bonds is 8. The van der Waals surface area contributed by atoms with Crippen LogP contribution in [0.4, 0.5) is 11.4 Å². The summed E-state index contributed by atoms with van der Waals surface area (Å²) in [4.78, 5) is 18.8. The van der Waals surface area contributed by atoms with Gasteiger partial charge < -0.3 is 29.4 Å². The Bertz CT molecular complexity index is 1510. The standard InChI is InChI=1S/C28H24Cl2N4O4S/c1-36-15-25(35)32-21-14-17(7-9-23(21)37-2)34-27(26(33-28(34)39)20-5-3-4-12-31-20)24-11-10-22(38-24)16-6-8-18(29)19(30)13-16/h3-14,26-27H,15H2,1-2H3,(H,32,35)(H,33,39)/t26-,27+/m1/s1. The van der Waals surface area contributed by atoms with Gasteiger partial charge in [-0.3, -0.25) is 9.78 Å². The molecule has 1 aliphatic heterocycles. The van der Waals surface area contributed by atoms with Crippen LogP contribution in [-0.2, 0) is 9.53 Å². The van der Waals surface area contributed by atoms with Crippen LogP contribution in [0.2, 0.25) is 10.0 Å². The topological polar surface area (TPSA) is 88.9 Å². The number of hydrogen-bond acceptors (Lipinski definition) is 6. The minimum absolute atomic E-state index is 0.0919. The van der Waals surface area contributed by atoms with Crippen LogP contribution >= 0.6 is 35.4 Å². The fourth-order valence-corrected chi connectivity index (χ4v) is 5.14. The van der Waals surface area contributed by atoms with Crippen molar-refractivity contribution in [1.82, 2.24) is 10.3 Å². The van der Waals surface area contributed by atoms with E-state index in [-0.39, 0.29) is 18.6 Å². The molecule has 5 rings (SSSR count). The molecule has 39 heavy (non-hydrogen) atoms.